The number of benzene rings is 2. The van der Waals surface area contributed by atoms with Crippen molar-refractivity contribution in [3.05, 3.63) is 76.1 Å². The summed E-state index contributed by atoms with van der Waals surface area (Å²) in [5, 5.41) is 10.4. The summed E-state index contributed by atoms with van der Waals surface area (Å²) >= 11 is 0. The van der Waals surface area contributed by atoms with Gasteiger partial charge in [-0.1, -0.05) is 30.3 Å². The van der Waals surface area contributed by atoms with E-state index in [0.717, 1.165) is 28.3 Å². The van der Waals surface area contributed by atoms with Crippen molar-refractivity contribution < 1.29 is 4.79 Å². The first-order valence-electron chi connectivity index (χ1n) is 9.09. The third-order valence-corrected chi connectivity index (χ3v) is 4.97. The van der Waals surface area contributed by atoms with E-state index in [1.807, 2.05) is 55.8 Å². The highest BCUT2D eigenvalue weighted by Gasteiger charge is 2.15. The molecular weight excluding hydrogens is 336 g/mol. The summed E-state index contributed by atoms with van der Waals surface area (Å²) in [5.74, 6) is 0. The standard InChI is InChI=1S/C22H26N4O/c1-14-10-11-20(12-16(14)3)23-22(27)24-21-17(4)25-26(18(21)5)13-19-9-7-6-8-15(19)2/h6-12H,13H2,1-5H3,(H2,23,24,27). The van der Waals surface area contributed by atoms with Crippen molar-refractivity contribution in [1.82, 2.24) is 9.78 Å². The van der Waals surface area contributed by atoms with Crippen molar-refractivity contribution in [1.29, 1.82) is 0 Å². The van der Waals surface area contributed by atoms with E-state index in [1.165, 1.54) is 16.7 Å². The third kappa shape index (κ3) is 4.19. The maximum absolute atomic E-state index is 12.4. The lowest BCUT2D eigenvalue weighted by atomic mass is 10.1. The van der Waals surface area contributed by atoms with Crippen molar-refractivity contribution in [2.45, 2.75) is 41.2 Å². The van der Waals surface area contributed by atoms with Gasteiger partial charge in [-0.2, -0.15) is 5.10 Å². The molecule has 0 bridgehead atoms. The Hall–Kier alpha value is -3.08. The van der Waals surface area contributed by atoms with E-state index in [4.69, 9.17) is 0 Å². The van der Waals surface area contributed by atoms with Gasteiger partial charge in [0.15, 0.2) is 0 Å². The number of hydrogen-bond acceptors (Lipinski definition) is 2. The van der Waals surface area contributed by atoms with Gasteiger partial charge >= 0.3 is 6.03 Å². The number of amides is 2. The van der Waals surface area contributed by atoms with Crippen LogP contribution in [0.2, 0.25) is 0 Å². The van der Waals surface area contributed by atoms with E-state index in [9.17, 15) is 4.79 Å². The van der Waals surface area contributed by atoms with Crippen LogP contribution in [0.15, 0.2) is 42.5 Å². The minimum Gasteiger partial charge on any atom is -0.308 e. The molecule has 2 amide bonds. The van der Waals surface area contributed by atoms with E-state index >= 15 is 0 Å². The van der Waals surface area contributed by atoms with Gasteiger partial charge in [-0.15, -0.1) is 0 Å². The summed E-state index contributed by atoms with van der Waals surface area (Å²) < 4.78 is 1.93. The summed E-state index contributed by atoms with van der Waals surface area (Å²) in [6.07, 6.45) is 0. The molecule has 0 saturated carbocycles. The van der Waals surface area contributed by atoms with Gasteiger partial charge in [0, 0.05) is 5.69 Å². The summed E-state index contributed by atoms with van der Waals surface area (Å²) in [5.41, 5.74) is 8.06. The highest BCUT2D eigenvalue weighted by molar-refractivity contribution is 6.00. The van der Waals surface area contributed by atoms with Gasteiger partial charge in [-0.05, 0) is 69.0 Å². The third-order valence-electron chi connectivity index (χ3n) is 4.97. The zero-order valence-corrected chi connectivity index (χ0v) is 16.6. The average Bonchev–Trinajstić information content (AvgIpc) is 2.88. The van der Waals surface area contributed by atoms with E-state index < -0.39 is 0 Å². The van der Waals surface area contributed by atoms with Crippen LogP contribution in [-0.2, 0) is 6.54 Å². The molecule has 0 spiro atoms. The Balaban J connectivity index is 1.75. The molecule has 0 saturated heterocycles. The second-order valence-electron chi connectivity index (χ2n) is 7.01. The number of anilines is 2. The minimum absolute atomic E-state index is 0.264. The number of carbonyl (C=O) groups is 1. The number of urea groups is 1. The molecule has 140 valence electrons. The largest absolute Gasteiger partial charge is 0.323 e. The average molecular weight is 362 g/mol. The predicted molar refractivity (Wildman–Crippen MR) is 111 cm³/mol. The van der Waals surface area contributed by atoms with Crippen LogP contribution >= 0.6 is 0 Å². The molecule has 0 unspecified atom stereocenters. The van der Waals surface area contributed by atoms with Crippen LogP contribution < -0.4 is 10.6 Å². The summed E-state index contributed by atoms with van der Waals surface area (Å²) in [6.45, 7) is 10.7. The van der Waals surface area contributed by atoms with Gasteiger partial charge in [0.1, 0.15) is 0 Å². The number of hydrogen-bond donors (Lipinski definition) is 2. The van der Waals surface area contributed by atoms with Crippen LogP contribution in [0.5, 0.6) is 0 Å². The van der Waals surface area contributed by atoms with E-state index in [2.05, 4.69) is 41.7 Å². The molecule has 1 aromatic heterocycles. The fourth-order valence-corrected chi connectivity index (χ4v) is 3.08. The van der Waals surface area contributed by atoms with Gasteiger partial charge < -0.3 is 10.6 Å². The molecule has 0 radical (unpaired) electrons. The second kappa shape index (κ2) is 7.66. The maximum atomic E-state index is 12.4. The normalized spacial score (nSPS) is 10.7. The number of nitrogens with zero attached hydrogens (tertiary/aromatic N) is 2. The molecule has 5 heteroatoms. The van der Waals surface area contributed by atoms with Gasteiger partial charge in [-0.25, -0.2) is 4.79 Å². The molecule has 5 nitrogen and oxygen atoms in total. The topological polar surface area (TPSA) is 59.0 Å². The molecule has 2 N–H and O–H groups in total. The molecule has 27 heavy (non-hydrogen) atoms. The molecule has 0 fully saturated rings. The Bertz CT molecular complexity index is 988. The quantitative estimate of drug-likeness (QED) is 0.677. The SMILES string of the molecule is Cc1ccc(NC(=O)Nc2c(C)nn(Cc3ccccc3C)c2C)cc1C. The number of aryl methyl sites for hydroxylation is 4. The summed E-state index contributed by atoms with van der Waals surface area (Å²) in [6, 6.07) is 13.9. The van der Waals surface area contributed by atoms with Crippen LogP contribution in [0, 0.1) is 34.6 Å². The van der Waals surface area contributed by atoms with Crippen molar-refractivity contribution in [2.75, 3.05) is 10.6 Å². The van der Waals surface area contributed by atoms with Crippen molar-refractivity contribution >= 4 is 17.4 Å². The van der Waals surface area contributed by atoms with Crippen molar-refractivity contribution in [3.63, 3.8) is 0 Å². The molecule has 0 aliphatic carbocycles. The van der Waals surface area contributed by atoms with E-state index in [0.29, 0.717) is 6.54 Å². The molecular formula is C22H26N4O. The van der Waals surface area contributed by atoms with Gasteiger partial charge in [0.25, 0.3) is 0 Å². The Labute approximate surface area is 160 Å². The molecule has 3 rings (SSSR count). The first-order valence-corrected chi connectivity index (χ1v) is 9.09. The molecule has 0 aliphatic rings. The van der Waals surface area contributed by atoms with Crippen LogP contribution in [-0.4, -0.2) is 15.8 Å². The molecule has 3 aromatic rings. The lowest BCUT2D eigenvalue weighted by Gasteiger charge is -2.10. The number of rotatable bonds is 4. The Morgan fingerprint density at radius 3 is 2.37 bits per heavy atom. The van der Waals surface area contributed by atoms with Crippen molar-refractivity contribution in [3.8, 4) is 0 Å². The lowest BCUT2D eigenvalue weighted by Crippen LogP contribution is -2.20. The van der Waals surface area contributed by atoms with Crippen LogP contribution in [0.3, 0.4) is 0 Å². The second-order valence-corrected chi connectivity index (χ2v) is 7.01. The Morgan fingerprint density at radius 2 is 1.67 bits per heavy atom. The monoisotopic (exact) mass is 362 g/mol. The first kappa shape index (κ1) is 18.7. The van der Waals surface area contributed by atoms with E-state index in [1.54, 1.807) is 0 Å². The Morgan fingerprint density at radius 1 is 0.926 bits per heavy atom. The summed E-state index contributed by atoms with van der Waals surface area (Å²) in [4.78, 5) is 12.4. The van der Waals surface area contributed by atoms with Gasteiger partial charge in [0.05, 0.1) is 23.6 Å². The number of carbonyl (C=O) groups excluding carboxylic acids is 1. The predicted octanol–water partition coefficient (Wildman–Crippen LogP) is 5.12. The molecule has 2 aromatic carbocycles. The smallest absolute Gasteiger partial charge is 0.308 e. The zero-order valence-electron chi connectivity index (χ0n) is 16.6. The molecule has 0 aliphatic heterocycles. The highest BCUT2D eigenvalue weighted by Crippen LogP contribution is 2.22. The summed E-state index contributed by atoms with van der Waals surface area (Å²) in [7, 11) is 0. The minimum atomic E-state index is -0.264. The molecule has 1 heterocycles. The fourth-order valence-electron chi connectivity index (χ4n) is 3.08. The highest BCUT2D eigenvalue weighted by atomic mass is 16.2. The van der Waals surface area contributed by atoms with Crippen LogP contribution in [0.4, 0.5) is 16.2 Å². The molecule has 0 atom stereocenters. The van der Waals surface area contributed by atoms with Gasteiger partial charge in [0.2, 0.25) is 0 Å². The number of nitrogens with one attached hydrogen (secondary N) is 2. The first-order chi connectivity index (χ1) is 12.8. The maximum Gasteiger partial charge on any atom is 0.323 e. The van der Waals surface area contributed by atoms with E-state index in [-0.39, 0.29) is 6.03 Å². The van der Waals surface area contributed by atoms with Crippen LogP contribution in [0.1, 0.15) is 33.6 Å². The Kier molecular flexibility index (Phi) is 5.31. The van der Waals surface area contributed by atoms with Crippen molar-refractivity contribution in [2.24, 2.45) is 0 Å². The number of aromatic nitrogens is 2. The van der Waals surface area contributed by atoms with Gasteiger partial charge in [-0.3, -0.25) is 4.68 Å². The van der Waals surface area contributed by atoms with Crippen LogP contribution in [0.25, 0.3) is 0 Å². The lowest BCUT2D eigenvalue weighted by molar-refractivity contribution is 0.262. The fraction of sp³-hybridized carbons (Fsp3) is 0.273. The zero-order chi connectivity index (χ0) is 19.6.